The van der Waals surface area contributed by atoms with Gasteiger partial charge in [0.2, 0.25) is 0 Å². The molecule has 2 aromatic heterocycles. The van der Waals surface area contributed by atoms with Gasteiger partial charge in [0.25, 0.3) is 0 Å². The highest BCUT2D eigenvalue weighted by molar-refractivity contribution is 5.46. The molecule has 2 aliphatic heterocycles. The van der Waals surface area contributed by atoms with Crippen LogP contribution in [0.25, 0.3) is 0 Å². The van der Waals surface area contributed by atoms with Crippen LogP contribution in [-0.4, -0.2) is 65.2 Å². The molecule has 4 rings (SSSR count). The molecule has 2 aromatic rings. The van der Waals surface area contributed by atoms with Crippen LogP contribution in [0.2, 0.25) is 0 Å². The van der Waals surface area contributed by atoms with Crippen LogP contribution in [0, 0.1) is 6.92 Å². The molecule has 0 saturated carbocycles. The first-order valence-electron chi connectivity index (χ1n) is 10.7. The van der Waals surface area contributed by atoms with Gasteiger partial charge in [-0.3, -0.25) is 4.90 Å². The molecule has 28 heavy (non-hydrogen) atoms. The molecule has 2 fully saturated rings. The van der Waals surface area contributed by atoms with Gasteiger partial charge >= 0.3 is 0 Å². The van der Waals surface area contributed by atoms with Crippen LogP contribution < -0.4 is 9.80 Å². The predicted octanol–water partition coefficient (Wildman–Crippen LogP) is 2.92. The molecule has 0 amide bonds. The topological polar surface area (TPSA) is 48.4 Å². The third-order valence-electron chi connectivity index (χ3n) is 6.05. The van der Waals surface area contributed by atoms with Gasteiger partial charge in [0.05, 0.1) is 0 Å². The molecular formula is C22H32N6. The summed E-state index contributed by atoms with van der Waals surface area (Å²) in [6.07, 6.45) is 8.56. The van der Waals surface area contributed by atoms with E-state index >= 15 is 0 Å². The Labute approximate surface area is 168 Å². The van der Waals surface area contributed by atoms with Crippen molar-refractivity contribution < 1.29 is 0 Å². The molecule has 0 atom stereocenters. The number of aryl methyl sites for hydroxylation is 2. The summed E-state index contributed by atoms with van der Waals surface area (Å²) in [4.78, 5) is 21.3. The van der Waals surface area contributed by atoms with Gasteiger partial charge in [-0.25, -0.2) is 15.0 Å². The molecule has 4 heterocycles. The minimum absolute atomic E-state index is 0.694. The number of piperidine rings is 1. The first kappa shape index (κ1) is 19.1. The van der Waals surface area contributed by atoms with Crippen LogP contribution in [0.1, 0.15) is 37.6 Å². The Hall–Kier alpha value is -2.21. The normalized spacial score (nSPS) is 19.2. The number of hydrogen-bond donors (Lipinski definition) is 0. The van der Waals surface area contributed by atoms with Crippen LogP contribution in [0.3, 0.4) is 0 Å². The van der Waals surface area contributed by atoms with Crippen molar-refractivity contribution in [2.24, 2.45) is 0 Å². The van der Waals surface area contributed by atoms with Gasteiger partial charge in [0, 0.05) is 63.3 Å². The van der Waals surface area contributed by atoms with Gasteiger partial charge in [-0.15, -0.1) is 0 Å². The summed E-state index contributed by atoms with van der Waals surface area (Å²) in [6, 6.07) is 6.87. The monoisotopic (exact) mass is 380 g/mol. The van der Waals surface area contributed by atoms with Crippen LogP contribution in [0.4, 0.5) is 11.6 Å². The van der Waals surface area contributed by atoms with Crippen molar-refractivity contribution in [3.63, 3.8) is 0 Å². The maximum absolute atomic E-state index is 4.78. The summed E-state index contributed by atoms with van der Waals surface area (Å²) in [6.45, 7) is 10.8. The largest absolute Gasteiger partial charge is 0.356 e. The fourth-order valence-corrected chi connectivity index (χ4v) is 4.50. The first-order chi connectivity index (χ1) is 13.7. The maximum Gasteiger partial charge on any atom is 0.135 e. The van der Waals surface area contributed by atoms with Gasteiger partial charge < -0.3 is 9.80 Å². The smallest absolute Gasteiger partial charge is 0.135 e. The molecule has 0 aromatic carbocycles. The van der Waals surface area contributed by atoms with E-state index in [0.29, 0.717) is 6.04 Å². The zero-order chi connectivity index (χ0) is 19.3. The van der Waals surface area contributed by atoms with Crippen LogP contribution in [0.5, 0.6) is 0 Å². The Morgan fingerprint density at radius 3 is 2.43 bits per heavy atom. The van der Waals surface area contributed by atoms with E-state index in [2.05, 4.69) is 43.7 Å². The van der Waals surface area contributed by atoms with Crippen molar-refractivity contribution in [2.75, 3.05) is 49.1 Å². The Bertz CT molecular complexity index is 749. The third kappa shape index (κ3) is 4.27. The number of aromatic nitrogens is 3. The molecule has 0 bridgehead atoms. The number of rotatable bonds is 5. The fraction of sp³-hybridized carbons (Fsp3) is 0.591. The molecule has 0 unspecified atom stereocenters. The first-order valence-corrected chi connectivity index (χ1v) is 10.7. The number of hydrogen-bond acceptors (Lipinski definition) is 6. The second-order valence-corrected chi connectivity index (χ2v) is 7.95. The molecule has 6 heteroatoms. The van der Waals surface area contributed by atoms with E-state index in [0.717, 1.165) is 63.8 Å². The summed E-state index contributed by atoms with van der Waals surface area (Å²) in [5.74, 6) is 3.16. The molecule has 2 saturated heterocycles. The van der Waals surface area contributed by atoms with Crippen LogP contribution in [-0.2, 0) is 6.42 Å². The van der Waals surface area contributed by atoms with Crippen molar-refractivity contribution in [1.29, 1.82) is 0 Å². The number of piperazine rings is 1. The minimum atomic E-state index is 0.694. The number of nitrogens with zero attached hydrogens (tertiary/aromatic N) is 6. The van der Waals surface area contributed by atoms with Crippen molar-refractivity contribution in [3.8, 4) is 0 Å². The number of anilines is 2. The molecule has 0 aliphatic carbocycles. The lowest BCUT2D eigenvalue weighted by atomic mass is 10.0. The number of pyridine rings is 1. The fourth-order valence-electron chi connectivity index (χ4n) is 4.50. The van der Waals surface area contributed by atoms with E-state index in [-0.39, 0.29) is 0 Å². The zero-order valence-corrected chi connectivity index (χ0v) is 17.2. The standard InChI is InChI=1S/C22H32N6/c1-3-6-19-17-24-18(2)25-22(19)28-11-8-20(9-12-28)26-13-15-27(16-14-26)21-7-4-5-10-23-21/h4-5,7,10,17,20H,3,6,8-9,11-16H2,1-2H3. The highest BCUT2D eigenvalue weighted by atomic mass is 15.3. The lowest BCUT2D eigenvalue weighted by Crippen LogP contribution is -2.53. The van der Waals surface area contributed by atoms with E-state index in [1.807, 2.05) is 25.4 Å². The van der Waals surface area contributed by atoms with Gasteiger partial charge in [0.15, 0.2) is 0 Å². The van der Waals surface area contributed by atoms with E-state index in [9.17, 15) is 0 Å². The second kappa shape index (κ2) is 8.86. The second-order valence-electron chi connectivity index (χ2n) is 7.95. The van der Waals surface area contributed by atoms with Gasteiger partial charge in [-0.2, -0.15) is 0 Å². The Balaban J connectivity index is 1.32. The van der Waals surface area contributed by atoms with Crippen LogP contribution >= 0.6 is 0 Å². The van der Waals surface area contributed by atoms with Crippen LogP contribution in [0.15, 0.2) is 30.6 Å². The molecule has 0 N–H and O–H groups in total. The van der Waals surface area contributed by atoms with Crippen molar-refractivity contribution in [2.45, 2.75) is 45.6 Å². The van der Waals surface area contributed by atoms with E-state index in [4.69, 9.17) is 4.98 Å². The minimum Gasteiger partial charge on any atom is -0.356 e. The Morgan fingerprint density at radius 1 is 0.964 bits per heavy atom. The van der Waals surface area contributed by atoms with Gasteiger partial charge in [0.1, 0.15) is 17.5 Å². The molecule has 0 spiro atoms. The summed E-state index contributed by atoms with van der Waals surface area (Å²) in [7, 11) is 0. The lowest BCUT2D eigenvalue weighted by molar-refractivity contribution is 0.159. The molecular weight excluding hydrogens is 348 g/mol. The van der Waals surface area contributed by atoms with E-state index < -0.39 is 0 Å². The van der Waals surface area contributed by atoms with Gasteiger partial charge in [-0.1, -0.05) is 19.4 Å². The maximum atomic E-state index is 4.78. The SMILES string of the molecule is CCCc1cnc(C)nc1N1CCC(N2CCN(c3ccccn3)CC2)CC1. The van der Waals surface area contributed by atoms with Crippen molar-refractivity contribution in [1.82, 2.24) is 19.9 Å². The summed E-state index contributed by atoms with van der Waals surface area (Å²) < 4.78 is 0. The highest BCUT2D eigenvalue weighted by Crippen LogP contribution is 2.26. The van der Waals surface area contributed by atoms with E-state index in [1.54, 1.807) is 0 Å². The molecule has 0 radical (unpaired) electrons. The summed E-state index contributed by atoms with van der Waals surface area (Å²) in [5, 5.41) is 0. The Kier molecular flexibility index (Phi) is 6.05. The van der Waals surface area contributed by atoms with Crippen molar-refractivity contribution in [3.05, 3.63) is 42.0 Å². The average Bonchev–Trinajstić information content (AvgIpc) is 2.76. The molecule has 6 nitrogen and oxygen atoms in total. The summed E-state index contributed by atoms with van der Waals surface area (Å²) in [5.41, 5.74) is 1.30. The molecule has 2 aliphatic rings. The Morgan fingerprint density at radius 2 is 1.75 bits per heavy atom. The predicted molar refractivity (Wildman–Crippen MR) is 114 cm³/mol. The van der Waals surface area contributed by atoms with Crippen molar-refractivity contribution >= 4 is 11.6 Å². The summed E-state index contributed by atoms with van der Waals surface area (Å²) >= 11 is 0. The molecule has 150 valence electrons. The van der Waals surface area contributed by atoms with Gasteiger partial charge in [-0.05, 0) is 38.3 Å². The third-order valence-corrected chi connectivity index (χ3v) is 6.05. The zero-order valence-electron chi connectivity index (χ0n) is 17.2. The lowest BCUT2D eigenvalue weighted by Gasteiger charge is -2.43. The average molecular weight is 381 g/mol. The highest BCUT2D eigenvalue weighted by Gasteiger charge is 2.29. The quantitative estimate of drug-likeness (QED) is 0.795. The van der Waals surface area contributed by atoms with E-state index in [1.165, 1.54) is 24.2 Å².